The number of rotatable bonds is 17. The summed E-state index contributed by atoms with van der Waals surface area (Å²) in [5.41, 5.74) is 1.03. The van der Waals surface area contributed by atoms with Crippen molar-refractivity contribution < 1.29 is 28.5 Å². The minimum atomic E-state index is -0.469. The number of amides is 2. The highest BCUT2D eigenvalue weighted by molar-refractivity contribution is 6.30. The molecule has 1 aromatic heterocycles. The largest absolute Gasteiger partial charge is 0.491 e. The number of imidazole rings is 1. The Morgan fingerprint density at radius 1 is 0.768 bits per heavy atom. The van der Waals surface area contributed by atoms with Crippen LogP contribution >= 0.6 is 11.6 Å². The monoisotopic (exact) mass is 794 g/mol. The Morgan fingerprint density at radius 2 is 1.41 bits per heavy atom. The van der Waals surface area contributed by atoms with Crippen molar-refractivity contribution in [1.29, 1.82) is 0 Å². The summed E-state index contributed by atoms with van der Waals surface area (Å²) in [7, 11) is 0. The van der Waals surface area contributed by atoms with Crippen LogP contribution in [-0.4, -0.2) is 63.6 Å². The Labute approximate surface area is 340 Å². The fraction of sp³-hybridized carbons (Fsp3) is 0.667. The predicted molar refractivity (Wildman–Crippen MR) is 224 cm³/mol. The number of aromatic nitrogens is 2. The number of carbonyl (C=O) groups is 2. The normalized spacial score (nSPS) is 18.2. The van der Waals surface area contributed by atoms with E-state index in [1.54, 1.807) is 0 Å². The summed E-state index contributed by atoms with van der Waals surface area (Å²) in [5, 5.41) is 3.73. The van der Waals surface area contributed by atoms with Gasteiger partial charge in [-0.1, -0.05) is 56.2 Å². The molecule has 2 aromatic carbocycles. The zero-order chi connectivity index (χ0) is 40.1. The number of nitrogens with zero attached hydrogens (tertiary/aromatic N) is 3. The molecule has 0 radical (unpaired) electrons. The van der Waals surface area contributed by atoms with Gasteiger partial charge < -0.3 is 33.7 Å². The van der Waals surface area contributed by atoms with Crippen LogP contribution < -0.4 is 14.8 Å². The Hall–Kier alpha value is -3.66. The Morgan fingerprint density at radius 3 is 2.07 bits per heavy atom. The highest BCUT2D eigenvalue weighted by atomic mass is 35.5. The van der Waals surface area contributed by atoms with E-state index in [0.29, 0.717) is 24.2 Å². The van der Waals surface area contributed by atoms with Crippen molar-refractivity contribution >= 4 is 34.8 Å². The van der Waals surface area contributed by atoms with Gasteiger partial charge in [-0.2, -0.15) is 0 Å². The fourth-order valence-corrected chi connectivity index (χ4v) is 8.02. The molecule has 0 atom stereocenters. The molecular formula is C45H67ClN4O6. The highest BCUT2D eigenvalue weighted by Gasteiger charge is 2.27. The van der Waals surface area contributed by atoms with E-state index in [0.717, 1.165) is 118 Å². The third kappa shape index (κ3) is 14.4. The summed E-state index contributed by atoms with van der Waals surface area (Å²) in [6.45, 7) is 14.9. The summed E-state index contributed by atoms with van der Waals surface area (Å²) in [4.78, 5) is 31.6. The number of ether oxygens (including phenoxy) is 4. The summed E-state index contributed by atoms with van der Waals surface area (Å²) in [5.74, 6) is 3.84. The number of carbonyl (C=O) groups excluding carboxylic acids is 2. The SMILES string of the molecule is CC(C)(C)OC(=O)NC1CCC(CCCCCOc2cccc3c2nc(COc2ccc(Cl)cc2)n3CCCCCC2CCN(C(=O)OC(C)(C)C)CC2)CC1. The van der Waals surface area contributed by atoms with Gasteiger partial charge in [-0.05, 0) is 141 Å². The molecule has 1 aliphatic carbocycles. The molecule has 0 bridgehead atoms. The van der Waals surface area contributed by atoms with Gasteiger partial charge in [0.1, 0.15) is 40.6 Å². The van der Waals surface area contributed by atoms with Crippen molar-refractivity contribution in [1.82, 2.24) is 19.8 Å². The number of likely N-dealkylation sites (tertiary alicyclic amines) is 1. The smallest absolute Gasteiger partial charge is 0.410 e. The van der Waals surface area contributed by atoms with Crippen LogP contribution in [0.2, 0.25) is 5.02 Å². The molecule has 1 saturated heterocycles. The number of fused-ring (bicyclic) bond motifs is 1. The molecular weight excluding hydrogens is 728 g/mol. The van der Waals surface area contributed by atoms with Gasteiger partial charge >= 0.3 is 12.2 Å². The van der Waals surface area contributed by atoms with Crippen LogP contribution in [-0.2, 0) is 22.6 Å². The molecule has 10 nitrogen and oxygen atoms in total. The Kier molecular flexibility index (Phi) is 16.0. The van der Waals surface area contributed by atoms with Gasteiger partial charge in [0.05, 0.1) is 12.1 Å². The topological polar surface area (TPSA) is 104 Å². The van der Waals surface area contributed by atoms with E-state index in [4.69, 9.17) is 35.5 Å². The van der Waals surface area contributed by atoms with Crippen molar-refractivity contribution in [2.45, 2.75) is 162 Å². The van der Waals surface area contributed by atoms with Crippen LogP contribution in [0.25, 0.3) is 11.0 Å². The highest BCUT2D eigenvalue weighted by Crippen LogP contribution is 2.31. The van der Waals surface area contributed by atoms with Crippen LogP contribution in [0.5, 0.6) is 11.5 Å². The van der Waals surface area contributed by atoms with Gasteiger partial charge in [0, 0.05) is 30.7 Å². The third-order valence-corrected chi connectivity index (χ3v) is 11.1. The molecule has 0 unspecified atom stereocenters. The molecule has 1 aliphatic heterocycles. The van der Waals surface area contributed by atoms with Crippen LogP contribution in [0.1, 0.15) is 137 Å². The molecule has 2 heterocycles. The summed E-state index contributed by atoms with van der Waals surface area (Å²) >= 11 is 6.11. The molecule has 310 valence electrons. The standard InChI is InChI=1S/C45H67ClN4O6/c1-44(2,3)55-42(51)47-36-22-18-33(19-23-36)14-10-8-12-31-53-39-17-13-16-38-41(39)48-40(32-54-37-24-20-35(46)21-25-37)50(38)28-11-7-9-15-34-26-29-49(30-27-34)43(52)56-45(4,5)6/h13,16-17,20-21,24-25,33-34,36H,7-12,14-15,18-19,22-23,26-32H2,1-6H3,(H,47,51). The van der Waals surface area contributed by atoms with Crippen LogP contribution in [0, 0.1) is 11.8 Å². The van der Waals surface area contributed by atoms with Crippen LogP contribution in [0.4, 0.5) is 9.59 Å². The number of alkyl carbamates (subject to hydrolysis) is 1. The van der Waals surface area contributed by atoms with Gasteiger partial charge in [0.15, 0.2) is 0 Å². The molecule has 0 spiro atoms. The van der Waals surface area contributed by atoms with E-state index in [2.05, 4.69) is 22.0 Å². The molecule has 2 amide bonds. The maximum Gasteiger partial charge on any atom is 0.410 e. The lowest BCUT2D eigenvalue weighted by molar-refractivity contribution is 0.0180. The Bertz CT molecular complexity index is 1660. The third-order valence-electron chi connectivity index (χ3n) is 10.8. The number of nitrogens with one attached hydrogen (secondary N) is 1. The minimum absolute atomic E-state index is 0.190. The van der Waals surface area contributed by atoms with Gasteiger partial charge in [-0.3, -0.25) is 0 Å². The second kappa shape index (κ2) is 20.7. The first kappa shape index (κ1) is 43.5. The number of aryl methyl sites for hydroxylation is 1. The Balaban J connectivity index is 1.07. The van der Waals surface area contributed by atoms with E-state index in [1.165, 1.54) is 25.7 Å². The van der Waals surface area contributed by atoms with Gasteiger partial charge in [0.2, 0.25) is 0 Å². The number of para-hydroxylation sites is 1. The van der Waals surface area contributed by atoms with Crippen molar-refractivity contribution in [3.63, 3.8) is 0 Å². The number of hydrogen-bond acceptors (Lipinski definition) is 7. The molecule has 3 aromatic rings. The van der Waals surface area contributed by atoms with Crippen LogP contribution in [0.3, 0.4) is 0 Å². The average Bonchev–Trinajstić information content (AvgIpc) is 3.50. The maximum atomic E-state index is 12.5. The molecule has 56 heavy (non-hydrogen) atoms. The first-order chi connectivity index (χ1) is 26.7. The van der Waals surface area contributed by atoms with E-state index >= 15 is 0 Å². The predicted octanol–water partition coefficient (Wildman–Crippen LogP) is 11.5. The second-order valence-corrected chi connectivity index (χ2v) is 18.3. The van der Waals surface area contributed by atoms with E-state index in [-0.39, 0.29) is 18.2 Å². The lowest BCUT2D eigenvalue weighted by Gasteiger charge is -2.33. The minimum Gasteiger partial charge on any atom is -0.491 e. The van der Waals surface area contributed by atoms with Crippen molar-refractivity contribution in [3.8, 4) is 11.5 Å². The van der Waals surface area contributed by atoms with Crippen molar-refractivity contribution in [2.75, 3.05) is 19.7 Å². The average molecular weight is 796 g/mol. The first-order valence-electron chi connectivity index (χ1n) is 21.2. The van der Waals surface area contributed by atoms with Crippen molar-refractivity contribution in [3.05, 3.63) is 53.3 Å². The number of piperidine rings is 1. The zero-order valence-electron chi connectivity index (χ0n) is 34.9. The van der Waals surface area contributed by atoms with Gasteiger partial charge in [-0.15, -0.1) is 0 Å². The van der Waals surface area contributed by atoms with E-state index in [9.17, 15) is 9.59 Å². The molecule has 1 N–H and O–H groups in total. The maximum absolute atomic E-state index is 12.5. The van der Waals surface area contributed by atoms with E-state index in [1.807, 2.05) is 76.8 Å². The zero-order valence-corrected chi connectivity index (χ0v) is 35.6. The summed E-state index contributed by atoms with van der Waals surface area (Å²) in [6, 6.07) is 13.9. The summed E-state index contributed by atoms with van der Waals surface area (Å²) in [6.07, 6.45) is 15.0. The summed E-state index contributed by atoms with van der Waals surface area (Å²) < 4.78 is 25.9. The van der Waals surface area contributed by atoms with Crippen molar-refractivity contribution in [2.24, 2.45) is 11.8 Å². The lowest BCUT2D eigenvalue weighted by atomic mass is 9.83. The molecule has 11 heteroatoms. The molecule has 2 aliphatic rings. The lowest BCUT2D eigenvalue weighted by Crippen LogP contribution is -2.41. The first-order valence-corrected chi connectivity index (χ1v) is 21.6. The number of benzene rings is 2. The number of halogens is 1. The molecule has 2 fully saturated rings. The number of hydrogen-bond donors (Lipinski definition) is 1. The van der Waals surface area contributed by atoms with E-state index < -0.39 is 11.2 Å². The second-order valence-electron chi connectivity index (χ2n) is 17.9. The quantitative estimate of drug-likeness (QED) is 0.136. The van der Waals surface area contributed by atoms with Gasteiger partial charge in [0.25, 0.3) is 0 Å². The molecule has 1 saturated carbocycles. The molecule has 5 rings (SSSR count). The van der Waals surface area contributed by atoms with Gasteiger partial charge in [-0.25, -0.2) is 14.6 Å². The van der Waals surface area contributed by atoms with Crippen LogP contribution in [0.15, 0.2) is 42.5 Å². The number of unbranched alkanes of at least 4 members (excludes halogenated alkanes) is 4. The fourth-order valence-electron chi connectivity index (χ4n) is 7.90.